The van der Waals surface area contributed by atoms with E-state index in [9.17, 15) is 0 Å². The number of hydrogen-bond donors (Lipinski definition) is 0. The fourth-order valence-electron chi connectivity index (χ4n) is 7.18. The van der Waals surface area contributed by atoms with Gasteiger partial charge in [0.25, 0.3) is 0 Å². The van der Waals surface area contributed by atoms with E-state index in [0.29, 0.717) is 29.6 Å². The minimum absolute atomic E-state index is 0.471. The van der Waals surface area contributed by atoms with Crippen LogP contribution in [0, 0.1) is 0 Å². The van der Waals surface area contributed by atoms with Crippen LogP contribution >= 0.6 is 0 Å². The molecule has 43 heavy (non-hydrogen) atoms. The Labute approximate surface area is 260 Å². The number of rotatable bonds is 15. The molecular formula is C43H48. The SMILES string of the molecule is CCC(CC(CC(CC(CC(CC)c1ccccc1)c1ccccc1)c1ccccc1)c1ccccc1)c1ccccc1. The Morgan fingerprint density at radius 1 is 0.279 bits per heavy atom. The second-order valence-electron chi connectivity index (χ2n) is 12.3. The van der Waals surface area contributed by atoms with E-state index < -0.39 is 0 Å². The van der Waals surface area contributed by atoms with Gasteiger partial charge < -0.3 is 0 Å². The molecule has 0 aliphatic rings. The molecule has 0 aliphatic heterocycles. The predicted octanol–water partition coefficient (Wildman–Crippen LogP) is 12.3. The highest BCUT2D eigenvalue weighted by Gasteiger charge is 2.28. The average Bonchev–Trinajstić information content (AvgIpc) is 3.09. The lowest BCUT2D eigenvalue weighted by Gasteiger charge is -2.32. The van der Waals surface area contributed by atoms with Crippen molar-refractivity contribution in [3.05, 3.63) is 179 Å². The van der Waals surface area contributed by atoms with Crippen LogP contribution in [0.25, 0.3) is 0 Å². The maximum atomic E-state index is 2.37. The van der Waals surface area contributed by atoms with Gasteiger partial charge in [0.05, 0.1) is 0 Å². The van der Waals surface area contributed by atoms with Crippen molar-refractivity contribution in [1.82, 2.24) is 0 Å². The van der Waals surface area contributed by atoms with Gasteiger partial charge in [-0.2, -0.15) is 0 Å². The van der Waals surface area contributed by atoms with E-state index in [1.54, 1.807) is 0 Å². The van der Waals surface area contributed by atoms with Crippen LogP contribution in [0.3, 0.4) is 0 Å². The molecule has 0 radical (unpaired) electrons. The van der Waals surface area contributed by atoms with Gasteiger partial charge in [-0.05, 0) is 95.9 Å². The fourth-order valence-corrected chi connectivity index (χ4v) is 7.18. The Hall–Kier alpha value is -3.90. The van der Waals surface area contributed by atoms with Crippen LogP contribution in [0.4, 0.5) is 0 Å². The quantitative estimate of drug-likeness (QED) is 0.119. The summed E-state index contributed by atoms with van der Waals surface area (Å²) < 4.78 is 0. The highest BCUT2D eigenvalue weighted by atomic mass is 14.3. The third kappa shape index (κ3) is 8.57. The van der Waals surface area contributed by atoms with Crippen molar-refractivity contribution < 1.29 is 0 Å². The molecule has 0 aromatic heterocycles. The molecule has 0 saturated heterocycles. The normalized spacial score (nSPS) is 14.8. The van der Waals surface area contributed by atoms with Crippen LogP contribution in [0.1, 0.15) is 110 Å². The smallest absolute Gasteiger partial charge is 0.0150 e. The highest BCUT2D eigenvalue weighted by molar-refractivity contribution is 5.29. The van der Waals surface area contributed by atoms with Crippen molar-refractivity contribution in [2.75, 3.05) is 0 Å². The Balaban J connectivity index is 1.49. The Kier molecular flexibility index (Phi) is 11.4. The molecule has 0 amide bonds. The molecule has 0 saturated carbocycles. The van der Waals surface area contributed by atoms with E-state index >= 15 is 0 Å². The summed E-state index contributed by atoms with van der Waals surface area (Å²) in [7, 11) is 0. The summed E-state index contributed by atoms with van der Waals surface area (Å²) in [5.41, 5.74) is 7.37. The molecule has 0 nitrogen and oxygen atoms in total. The van der Waals surface area contributed by atoms with Crippen LogP contribution in [0.15, 0.2) is 152 Å². The van der Waals surface area contributed by atoms with Crippen LogP contribution in [0.2, 0.25) is 0 Å². The van der Waals surface area contributed by atoms with Crippen molar-refractivity contribution in [2.24, 2.45) is 0 Å². The van der Waals surface area contributed by atoms with Gasteiger partial charge in [-0.3, -0.25) is 0 Å². The van der Waals surface area contributed by atoms with E-state index in [4.69, 9.17) is 0 Å². The molecule has 0 spiro atoms. The van der Waals surface area contributed by atoms with Gasteiger partial charge in [-0.15, -0.1) is 0 Å². The van der Waals surface area contributed by atoms with E-state index in [0.717, 1.165) is 25.7 Å². The summed E-state index contributed by atoms with van der Waals surface area (Å²) >= 11 is 0. The zero-order valence-corrected chi connectivity index (χ0v) is 26.1. The molecule has 5 aromatic rings. The molecule has 5 aromatic carbocycles. The zero-order valence-electron chi connectivity index (χ0n) is 26.1. The van der Waals surface area contributed by atoms with Crippen LogP contribution < -0.4 is 0 Å². The Morgan fingerprint density at radius 3 is 0.674 bits per heavy atom. The van der Waals surface area contributed by atoms with Crippen LogP contribution in [-0.4, -0.2) is 0 Å². The molecule has 0 aliphatic carbocycles. The summed E-state index contributed by atoms with van der Waals surface area (Å²) in [5, 5.41) is 0. The van der Waals surface area contributed by atoms with Gasteiger partial charge in [0.15, 0.2) is 0 Å². The Morgan fingerprint density at radius 2 is 0.465 bits per heavy atom. The van der Waals surface area contributed by atoms with Gasteiger partial charge in [-0.1, -0.05) is 166 Å². The van der Waals surface area contributed by atoms with Crippen molar-refractivity contribution in [2.45, 2.75) is 82.0 Å². The van der Waals surface area contributed by atoms with Crippen molar-refractivity contribution in [1.29, 1.82) is 0 Å². The molecule has 5 rings (SSSR count). The highest BCUT2D eigenvalue weighted by Crippen LogP contribution is 2.44. The monoisotopic (exact) mass is 564 g/mol. The summed E-state index contributed by atoms with van der Waals surface area (Å²) in [6.45, 7) is 4.71. The van der Waals surface area contributed by atoms with Gasteiger partial charge in [0.1, 0.15) is 0 Å². The third-order valence-electron chi connectivity index (χ3n) is 9.62. The zero-order chi connectivity index (χ0) is 29.7. The number of benzene rings is 5. The molecule has 4 unspecified atom stereocenters. The van der Waals surface area contributed by atoms with Crippen LogP contribution in [0.5, 0.6) is 0 Å². The molecule has 0 heterocycles. The fraction of sp³-hybridized carbons (Fsp3) is 0.302. The Bertz CT molecular complexity index is 1330. The minimum atomic E-state index is 0.471. The maximum Gasteiger partial charge on any atom is -0.0150 e. The second kappa shape index (κ2) is 16.1. The average molecular weight is 565 g/mol. The van der Waals surface area contributed by atoms with E-state index in [-0.39, 0.29) is 0 Å². The lowest BCUT2D eigenvalue weighted by molar-refractivity contribution is 0.400. The summed E-state index contributed by atoms with van der Waals surface area (Å²) in [6, 6.07) is 56.4. The molecule has 220 valence electrons. The third-order valence-corrected chi connectivity index (χ3v) is 9.62. The van der Waals surface area contributed by atoms with Crippen molar-refractivity contribution in [3.8, 4) is 0 Å². The first-order chi connectivity index (χ1) is 21.2. The molecule has 0 N–H and O–H groups in total. The molecular weight excluding hydrogens is 516 g/mol. The summed E-state index contributed by atoms with van der Waals surface area (Å²) in [5.74, 6) is 2.55. The topological polar surface area (TPSA) is 0 Å². The molecule has 4 atom stereocenters. The van der Waals surface area contributed by atoms with Crippen molar-refractivity contribution >= 4 is 0 Å². The van der Waals surface area contributed by atoms with E-state index in [2.05, 4.69) is 166 Å². The molecule has 0 fully saturated rings. The van der Waals surface area contributed by atoms with Crippen molar-refractivity contribution in [3.63, 3.8) is 0 Å². The molecule has 0 bridgehead atoms. The lowest BCUT2D eigenvalue weighted by Crippen LogP contribution is -2.15. The first kappa shape index (κ1) is 30.6. The summed E-state index contributed by atoms with van der Waals surface area (Å²) in [4.78, 5) is 0. The second-order valence-corrected chi connectivity index (χ2v) is 12.3. The molecule has 0 heteroatoms. The number of hydrogen-bond acceptors (Lipinski definition) is 0. The van der Waals surface area contributed by atoms with Gasteiger partial charge >= 0.3 is 0 Å². The lowest BCUT2D eigenvalue weighted by atomic mass is 9.73. The standard InChI is InChI=1S/C43H48/c1-3-34(36-20-10-5-11-21-36)30-41(38-24-14-7-15-25-38)32-43(40-28-18-9-19-29-40)33-42(39-26-16-8-17-27-39)31-35(4-2)37-22-12-6-13-23-37/h5-29,34-35,41-43H,3-4,30-33H2,1-2H3. The van der Waals surface area contributed by atoms with Crippen LogP contribution in [-0.2, 0) is 0 Å². The van der Waals surface area contributed by atoms with Gasteiger partial charge in [0.2, 0.25) is 0 Å². The first-order valence-electron chi connectivity index (χ1n) is 16.5. The van der Waals surface area contributed by atoms with Gasteiger partial charge in [-0.25, -0.2) is 0 Å². The maximum absolute atomic E-state index is 2.37. The van der Waals surface area contributed by atoms with E-state index in [1.165, 1.54) is 40.7 Å². The minimum Gasteiger partial charge on any atom is -0.0648 e. The summed E-state index contributed by atoms with van der Waals surface area (Å²) in [6.07, 6.45) is 6.97. The largest absolute Gasteiger partial charge is 0.0648 e. The van der Waals surface area contributed by atoms with Gasteiger partial charge in [0, 0.05) is 0 Å². The first-order valence-corrected chi connectivity index (χ1v) is 16.5. The predicted molar refractivity (Wildman–Crippen MR) is 185 cm³/mol. The van der Waals surface area contributed by atoms with E-state index in [1.807, 2.05) is 0 Å².